The van der Waals surface area contributed by atoms with E-state index in [4.69, 9.17) is 9.47 Å². The second-order valence-electron chi connectivity index (χ2n) is 4.39. The summed E-state index contributed by atoms with van der Waals surface area (Å²) in [5.74, 6) is 0.859. The number of hydrogen-bond donors (Lipinski definition) is 0. The van der Waals surface area contributed by atoms with Gasteiger partial charge in [-0.1, -0.05) is 18.2 Å². The van der Waals surface area contributed by atoms with E-state index in [1.54, 1.807) is 26.6 Å². The topological polar surface area (TPSA) is 44.2 Å². The van der Waals surface area contributed by atoms with Gasteiger partial charge >= 0.3 is 6.01 Å². The molecule has 0 bridgehead atoms. The first kappa shape index (κ1) is 12.4. The van der Waals surface area contributed by atoms with Crippen molar-refractivity contribution in [1.29, 1.82) is 0 Å². The van der Waals surface area contributed by atoms with Crippen LogP contribution in [0.25, 0.3) is 21.9 Å². The number of methoxy groups -OCH3 is 2. The zero-order valence-corrected chi connectivity index (χ0v) is 11.3. The van der Waals surface area contributed by atoms with Crippen molar-refractivity contribution in [1.82, 2.24) is 9.97 Å². The van der Waals surface area contributed by atoms with Crippen molar-refractivity contribution in [2.75, 3.05) is 14.2 Å². The number of nitrogens with zero attached hydrogens (tertiary/aromatic N) is 2. The van der Waals surface area contributed by atoms with Gasteiger partial charge in [-0.2, -0.15) is 0 Å². The first-order valence-electron chi connectivity index (χ1n) is 6.24. The minimum atomic E-state index is 0.374. The molecule has 3 aromatic rings. The summed E-state index contributed by atoms with van der Waals surface area (Å²) in [6.45, 7) is 0. The van der Waals surface area contributed by atoms with E-state index in [1.165, 1.54) is 0 Å². The molecule has 0 N–H and O–H groups in total. The Labute approximate surface area is 117 Å². The van der Waals surface area contributed by atoms with Crippen LogP contribution < -0.4 is 9.47 Å². The summed E-state index contributed by atoms with van der Waals surface area (Å²) < 4.78 is 10.2. The number of aromatic nitrogens is 2. The third-order valence-corrected chi connectivity index (χ3v) is 3.19. The van der Waals surface area contributed by atoms with Crippen molar-refractivity contribution < 1.29 is 9.47 Å². The van der Waals surface area contributed by atoms with Gasteiger partial charge in [0.15, 0.2) is 0 Å². The molecule has 0 fully saturated rings. The molecule has 2 aromatic carbocycles. The van der Waals surface area contributed by atoms with Gasteiger partial charge in [0.2, 0.25) is 0 Å². The molecule has 1 aromatic heterocycles. The molecule has 0 aliphatic carbocycles. The van der Waals surface area contributed by atoms with Crippen LogP contribution in [0.4, 0.5) is 0 Å². The molecule has 0 aliphatic heterocycles. The molecule has 100 valence electrons. The predicted molar refractivity (Wildman–Crippen MR) is 78.1 cm³/mol. The maximum absolute atomic E-state index is 5.23. The first-order valence-corrected chi connectivity index (χ1v) is 6.24. The van der Waals surface area contributed by atoms with Crippen molar-refractivity contribution in [3.05, 3.63) is 48.8 Å². The van der Waals surface area contributed by atoms with Gasteiger partial charge < -0.3 is 9.47 Å². The first-order chi connectivity index (χ1) is 9.80. The second kappa shape index (κ2) is 5.17. The summed E-state index contributed by atoms with van der Waals surface area (Å²) in [4.78, 5) is 8.26. The summed E-state index contributed by atoms with van der Waals surface area (Å²) in [6.07, 6.45) is 3.52. The number of hydrogen-bond acceptors (Lipinski definition) is 4. The lowest BCUT2D eigenvalue weighted by atomic mass is 10.0. The SMILES string of the molecule is COc1ccc2cc(-c3cnc(OC)nc3)ccc2c1. The Morgan fingerprint density at radius 1 is 0.750 bits per heavy atom. The van der Waals surface area contributed by atoms with Gasteiger partial charge in [0, 0.05) is 18.0 Å². The third-order valence-electron chi connectivity index (χ3n) is 3.19. The number of fused-ring (bicyclic) bond motifs is 1. The van der Waals surface area contributed by atoms with Crippen LogP contribution in [0.5, 0.6) is 11.8 Å². The normalized spacial score (nSPS) is 10.5. The minimum absolute atomic E-state index is 0.374. The molecule has 4 nitrogen and oxygen atoms in total. The zero-order chi connectivity index (χ0) is 13.9. The van der Waals surface area contributed by atoms with E-state index in [0.29, 0.717) is 6.01 Å². The largest absolute Gasteiger partial charge is 0.497 e. The third kappa shape index (κ3) is 2.28. The average Bonchev–Trinajstić information content (AvgIpc) is 2.54. The van der Waals surface area contributed by atoms with Crippen LogP contribution >= 0.6 is 0 Å². The van der Waals surface area contributed by atoms with Crippen molar-refractivity contribution in [3.8, 4) is 22.9 Å². The highest BCUT2D eigenvalue weighted by atomic mass is 16.5. The fourth-order valence-electron chi connectivity index (χ4n) is 2.10. The van der Waals surface area contributed by atoms with Gasteiger partial charge in [-0.05, 0) is 34.5 Å². The molecule has 3 rings (SSSR count). The van der Waals surface area contributed by atoms with Crippen LogP contribution in [-0.4, -0.2) is 24.2 Å². The van der Waals surface area contributed by atoms with Gasteiger partial charge in [0.1, 0.15) is 5.75 Å². The molecular weight excluding hydrogens is 252 g/mol. The molecule has 0 amide bonds. The Bertz CT molecular complexity index is 739. The lowest BCUT2D eigenvalue weighted by molar-refractivity contribution is 0.380. The second-order valence-corrected chi connectivity index (χ2v) is 4.39. The molecule has 0 unspecified atom stereocenters. The van der Waals surface area contributed by atoms with Crippen LogP contribution in [-0.2, 0) is 0 Å². The molecule has 0 aliphatic rings. The summed E-state index contributed by atoms with van der Waals surface area (Å²) >= 11 is 0. The van der Waals surface area contributed by atoms with Gasteiger partial charge in [-0.15, -0.1) is 0 Å². The van der Waals surface area contributed by atoms with Gasteiger partial charge in [0.25, 0.3) is 0 Å². The quantitative estimate of drug-likeness (QED) is 0.729. The molecular formula is C16H14N2O2. The molecule has 0 saturated heterocycles. The van der Waals surface area contributed by atoms with E-state index < -0.39 is 0 Å². The average molecular weight is 266 g/mol. The molecule has 0 atom stereocenters. The Morgan fingerprint density at radius 3 is 2.15 bits per heavy atom. The van der Waals surface area contributed by atoms with Crippen molar-refractivity contribution in [2.45, 2.75) is 0 Å². The summed E-state index contributed by atoms with van der Waals surface area (Å²) in [5.41, 5.74) is 2.04. The van der Waals surface area contributed by atoms with Crippen molar-refractivity contribution in [3.63, 3.8) is 0 Å². The van der Waals surface area contributed by atoms with E-state index in [-0.39, 0.29) is 0 Å². The van der Waals surface area contributed by atoms with E-state index in [9.17, 15) is 0 Å². The van der Waals surface area contributed by atoms with E-state index in [0.717, 1.165) is 27.6 Å². The molecule has 20 heavy (non-hydrogen) atoms. The fraction of sp³-hybridized carbons (Fsp3) is 0.125. The smallest absolute Gasteiger partial charge is 0.316 e. The van der Waals surface area contributed by atoms with E-state index in [2.05, 4.69) is 22.1 Å². The highest BCUT2D eigenvalue weighted by Gasteiger charge is 2.03. The standard InChI is InChI=1S/C16H14N2O2/c1-19-15-6-5-11-7-12(3-4-13(11)8-15)14-9-17-16(20-2)18-10-14/h3-10H,1-2H3. The summed E-state index contributed by atoms with van der Waals surface area (Å²) in [7, 11) is 3.22. The zero-order valence-electron chi connectivity index (χ0n) is 11.3. The van der Waals surface area contributed by atoms with Crippen LogP contribution in [0.1, 0.15) is 0 Å². The number of benzene rings is 2. The summed E-state index contributed by atoms with van der Waals surface area (Å²) in [5, 5.41) is 2.29. The number of ether oxygens (including phenoxy) is 2. The predicted octanol–water partition coefficient (Wildman–Crippen LogP) is 3.31. The van der Waals surface area contributed by atoms with Crippen LogP contribution in [0, 0.1) is 0 Å². The van der Waals surface area contributed by atoms with Gasteiger partial charge in [0.05, 0.1) is 14.2 Å². The van der Waals surface area contributed by atoms with Crippen LogP contribution in [0.3, 0.4) is 0 Å². The van der Waals surface area contributed by atoms with Crippen LogP contribution in [0.15, 0.2) is 48.8 Å². The highest BCUT2D eigenvalue weighted by molar-refractivity contribution is 5.88. The van der Waals surface area contributed by atoms with Gasteiger partial charge in [-0.25, -0.2) is 9.97 Å². The maximum atomic E-state index is 5.23. The summed E-state index contributed by atoms with van der Waals surface area (Å²) in [6, 6.07) is 12.6. The van der Waals surface area contributed by atoms with Crippen molar-refractivity contribution >= 4 is 10.8 Å². The monoisotopic (exact) mass is 266 g/mol. The lowest BCUT2D eigenvalue weighted by Gasteiger charge is -2.06. The van der Waals surface area contributed by atoms with Crippen molar-refractivity contribution in [2.24, 2.45) is 0 Å². The van der Waals surface area contributed by atoms with E-state index >= 15 is 0 Å². The molecule has 0 radical (unpaired) electrons. The highest BCUT2D eigenvalue weighted by Crippen LogP contribution is 2.26. The van der Waals surface area contributed by atoms with Gasteiger partial charge in [-0.3, -0.25) is 0 Å². The Hall–Kier alpha value is -2.62. The lowest BCUT2D eigenvalue weighted by Crippen LogP contribution is -1.91. The molecule has 4 heteroatoms. The fourth-order valence-corrected chi connectivity index (χ4v) is 2.10. The van der Waals surface area contributed by atoms with Crippen LogP contribution in [0.2, 0.25) is 0 Å². The molecule has 1 heterocycles. The molecule has 0 saturated carbocycles. The Morgan fingerprint density at radius 2 is 1.45 bits per heavy atom. The number of rotatable bonds is 3. The Balaban J connectivity index is 2.03. The minimum Gasteiger partial charge on any atom is -0.497 e. The Kier molecular flexibility index (Phi) is 3.21. The maximum Gasteiger partial charge on any atom is 0.316 e. The van der Waals surface area contributed by atoms with E-state index in [1.807, 2.05) is 24.3 Å². The molecule has 0 spiro atoms.